The van der Waals surface area contributed by atoms with Crippen molar-refractivity contribution in [3.63, 3.8) is 0 Å². The van der Waals surface area contributed by atoms with Crippen molar-refractivity contribution in [2.24, 2.45) is 5.10 Å². The van der Waals surface area contributed by atoms with Gasteiger partial charge in [0, 0.05) is 10.2 Å². The van der Waals surface area contributed by atoms with E-state index in [4.69, 9.17) is 17.0 Å². The summed E-state index contributed by atoms with van der Waals surface area (Å²) in [5.74, 6) is 0.0489. The molecule has 0 saturated heterocycles. The molecule has 3 rings (SSSR count). The highest BCUT2D eigenvalue weighted by Crippen LogP contribution is 2.15. The minimum absolute atomic E-state index is 0.395. The lowest BCUT2D eigenvalue weighted by molar-refractivity contribution is 0.0734. The summed E-state index contributed by atoms with van der Waals surface area (Å²) in [5, 5.41) is 7.58. The Morgan fingerprint density at radius 2 is 1.79 bits per heavy atom. The SMILES string of the molecule is Cc1cccc(NC(=S)N/N=C\c2ccc(OC(=O)c3ccc(Br)cc3)cc2)c1. The Balaban J connectivity index is 1.51. The van der Waals surface area contributed by atoms with Crippen molar-refractivity contribution in [1.29, 1.82) is 0 Å². The molecule has 0 aliphatic heterocycles. The molecule has 0 heterocycles. The molecule has 0 aromatic heterocycles. The van der Waals surface area contributed by atoms with E-state index in [-0.39, 0.29) is 0 Å². The highest BCUT2D eigenvalue weighted by molar-refractivity contribution is 9.10. The zero-order chi connectivity index (χ0) is 20.6. The highest BCUT2D eigenvalue weighted by Gasteiger charge is 2.08. The number of halogens is 1. The van der Waals surface area contributed by atoms with Crippen LogP contribution in [0.4, 0.5) is 5.69 Å². The fourth-order valence-electron chi connectivity index (χ4n) is 2.42. The van der Waals surface area contributed by atoms with Gasteiger partial charge in [0.25, 0.3) is 0 Å². The van der Waals surface area contributed by atoms with E-state index in [1.54, 1.807) is 54.7 Å². The number of anilines is 1. The van der Waals surface area contributed by atoms with Gasteiger partial charge in [0.2, 0.25) is 0 Å². The second-order valence-corrected chi connectivity index (χ2v) is 7.48. The van der Waals surface area contributed by atoms with Crippen LogP contribution in [0.5, 0.6) is 5.75 Å². The first-order valence-corrected chi connectivity index (χ1v) is 9.94. The quantitative estimate of drug-likeness (QED) is 0.175. The topological polar surface area (TPSA) is 62.7 Å². The Labute approximate surface area is 182 Å². The maximum atomic E-state index is 12.1. The first-order valence-electron chi connectivity index (χ1n) is 8.74. The van der Waals surface area contributed by atoms with Crippen LogP contribution in [0.3, 0.4) is 0 Å². The first kappa shape index (κ1) is 20.7. The molecule has 0 amide bonds. The fourth-order valence-corrected chi connectivity index (χ4v) is 2.86. The molecule has 29 heavy (non-hydrogen) atoms. The molecule has 0 aliphatic carbocycles. The van der Waals surface area contributed by atoms with Crippen LogP contribution in [0.1, 0.15) is 21.5 Å². The number of hydrogen-bond acceptors (Lipinski definition) is 4. The van der Waals surface area contributed by atoms with Gasteiger partial charge < -0.3 is 10.1 Å². The molecule has 0 fully saturated rings. The van der Waals surface area contributed by atoms with E-state index in [0.717, 1.165) is 21.3 Å². The minimum Gasteiger partial charge on any atom is -0.423 e. The van der Waals surface area contributed by atoms with Crippen molar-refractivity contribution in [3.05, 3.63) is 94.0 Å². The summed E-state index contributed by atoms with van der Waals surface area (Å²) >= 11 is 8.56. The van der Waals surface area contributed by atoms with Gasteiger partial charge in [-0.3, -0.25) is 5.43 Å². The molecule has 2 N–H and O–H groups in total. The predicted octanol–water partition coefficient (Wildman–Crippen LogP) is 5.30. The molecule has 146 valence electrons. The zero-order valence-corrected chi connectivity index (χ0v) is 18.0. The fraction of sp³-hybridized carbons (Fsp3) is 0.0455. The normalized spacial score (nSPS) is 10.6. The Hall–Kier alpha value is -3.03. The second kappa shape index (κ2) is 9.95. The number of carbonyl (C=O) groups is 1. The number of hydrogen-bond donors (Lipinski definition) is 2. The van der Waals surface area contributed by atoms with Gasteiger partial charge in [-0.15, -0.1) is 0 Å². The van der Waals surface area contributed by atoms with Gasteiger partial charge in [0.1, 0.15) is 5.75 Å². The van der Waals surface area contributed by atoms with Crippen LogP contribution in [-0.2, 0) is 0 Å². The Morgan fingerprint density at radius 1 is 1.07 bits per heavy atom. The molecule has 0 unspecified atom stereocenters. The van der Waals surface area contributed by atoms with Crippen LogP contribution in [0.15, 0.2) is 82.4 Å². The summed E-state index contributed by atoms with van der Waals surface area (Å²) in [6.45, 7) is 2.01. The summed E-state index contributed by atoms with van der Waals surface area (Å²) in [6, 6.07) is 21.9. The molecule has 0 radical (unpaired) electrons. The molecule has 0 bridgehead atoms. The third-order valence-electron chi connectivity index (χ3n) is 3.83. The molecule has 0 aliphatic rings. The number of carbonyl (C=O) groups excluding carboxylic acids is 1. The summed E-state index contributed by atoms with van der Waals surface area (Å²) in [5.41, 5.74) is 6.13. The molecule has 7 heteroatoms. The zero-order valence-electron chi connectivity index (χ0n) is 15.6. The van der Waals surface area contributed by atoms with E-state index < -0.39 is 5.97 Å². The summed E-state index contributed by atoms with van der Waals surface area (Å²) < 4.78 is 6.27. The number of hydrazone groups is 1. The number of benzene rings is 3. The number of nitrogens with zero attached hydrogens (tertiary/aromatic N) is 1. The van der Waals surface area contributed by atoms with Gasteiger partial charge >= 0.3 is 5.97 Å². The number of thiocarbonyl (C=S) groups is 1. The second-order valence-electron chi connectivity index (χ2n) is 6.16. The third-order valence-corrected chi connectivity index (χ3v) is 4.55. The molecule has 3 aromatic carbocycles. The average molecular weight is 468 g/mol. The third kappa shape index (κ3) is 6.51. The standard InChI is InChI=1S/C22H18BrN3O2S/c1-15-3-2-4-19(13-15)25-22(29)26-24-14-16-5-11-20(12-6-16)28-21(27)17-7-9-18(23)10-8-17/h2-14H,1H3,(H2,25,26,29)/b24-14-. The first-order chi connectivity index (χ1) is 14.0. The minimum atomic E-state index is -0.409. The van der Waals surface area contributed by atoms with Crippen molar-refractivity contribution in [3.8, 4) is 5.75 Å². The number of ether oxygens (including phenoxy) is 1. The highest BCUT2D eigenvalue weighted by atomic mass is 79.9. The lowest BCUT2D eigenvalue weighted by Crippen LogP contribution is -2.23. The summed E-state index contributed by atoms with van der Waals surface area (Å²) in [4.78, 5) is 12.1. The molecule has 0 saturated carbocycles. The van der Waals surface area contributed by atoms with Crippen molar-refractivity contribution >= 4 is 51.1 Å². The number of esters is 1. The molecule has 0 atom stereocenters. The average Bonchev–Trinajstić information content (AvgIpc) is 2.70. The number of aryl methyl sites for hydroxylation is 1. The van der Waals surface area contributed by atoms with Crippen molar-refractivity contribution < 1.29 is 9.53 Å². The van der Waals surface area contributed by atoms with Crippen LogP contribution < -0.4 is 15.5 Å². The van der Waals surface area contributed by atoms with Crippen molar-refractivity contribution in [2.75, 3.05) is 5.32 Å². The van der Waals surface area contributed by atoms with E-state index >= 15 is 0 Å². The Kier molecular flexibility index (Phi) is 7.10. The molecular formula is C22H18BrN3O2S. The van der Waals surface area contributed by atoms with E-state index in [0.29, 0.717) is 16.4 Å². The van der Waals surface area contributed by atoms with Gasteiger partial charge in [-0.25, -0.2) is 4.79 Å². The van der Waals surface area contributed by atoms with E-state index in [1.807, 2.05) is 31.2 Å². The van der Waals surface area contributed by atoms with Crippen LogP contribution in [-0.4, -0.2) is 17.3 Å². The number of nitrogens with one attached hydrogen (secondary N) is 2. The largest absolute Gasteiger partial charge is 0.423 e. The number of rotatable bonds is 5. The predicted molar refractivity (Wildman–Crippen MR) is 124 cm³/mol. The monoisotopic (exact) mass is 467 g/mol. The van der Waals surface area contributed by atoms with Crippen LogP contribution in [0.2, 0.25) is 0 Å². The summed E-state index contributed by atoms with van der Waals surface area (Å²) in [7, 11) is 0. The van der Waals surface area contributed by atoms with Crippen molar-refractivity contribution in [2.45, 2.75) is 6.92 Å². The molecular weight excluding hydrogens is 450 g/mol. The van der Waals surface area contributed by atoms with Gasteiger partial charge in [0.05, 0.1) is 11.8 Å². The lowest BCUT2D eigenvalue weighted by atomic mass is 10.2. The van der Waals surface area contributed by atoms with E-state index in [2.05, 4.69) is 31.8 Å². The van der Waals surface area contributed by atoms with Gasteiger partial charge in [-0.1, -0.05) is 28.1 Å². The van der Waals surface area contributed by atoms with E-state index in [9.17, 15) is 4.79 Å². The maximum absolute atomic E-state index is 12.1. The van der Waals surface area contributed by atoms with Crippen LogP contribution >= 0.6 is 28.1 Å². The van der Waals surface area contributed by atoms with Gasteiger partial charge in [-0.2, -0.15) is 5.10 Å². The Morgan fingerprint density at radius 3 is 2.48 bits per heavy atom. The molecule has 5 nitrogen and oxygen atoms in total. The Bertz CT molecular complexity index is 1030. The summed E-state index contributed by atoms with van der Waals surface area (Å²) in [6.07, 6.45) is 1.63. The van der Waals surface area contributed by atoms with Crippen LogP contribution in [0.25, 0.3) is 0 Å². The maximum Gasteiger partial charge on any atom is 0.343 e. The lowest BCUT2D eigenvalue weighted by Gasteiger charge is -2.07. The van der Waals surface area contributed by atoms with Crippen LogP contribution in [0, 0.1) is 6.92 Å². The van der Waals surface area contributed by atoms with E-state index in [1.165, 1.54) is 0 Å². The molecule has 3 aromatic rings. The molecule has 0 spiro atoms. The smallest absolute Gasteiger partial charge is 0.343 e. The van der Waals surface area contributed by atoms with Gasteiger partial charge in [0.15, 0.2) is 5.11 Å². The van der Waals surface area contributed by atoms with Gasteiger partial charge in [-0.05, 0) is 90.9 Å². The van der Waals surface area contributed by atoms with Crippen molar-refractivity contribution in [1.82, 2.24) is 5.43 Å².